The van der Waals surface area contributed by atoms with E-state index < -0.39 is 0 Å². The number of hydrogen-bond donors (Lipinski definition) is 0. The van der Waals surface area contributed by atoms with Crippen LogP contribution in [0.3, 0.4) is 0 Å². The zero-order valence-electron chi connectivity index (χ0n) is 6.41. The zero-order chi connectivity index (χ0) is 6.41. The standard InChI is InChI=1S/C5H18Si3/c1-4-8(5-2)7-6-3/h8H,4-7H2,1-3H3. The Morgan fingerprint density at radius 1 is 1.25 bits per heavy atom. The highest BCUT2D eigenvalue weighted by atomic mass is 29.5. The van der Waals surface area contributed by atoms with E-state index in [0.717, 1.165) is 0 Å². The summed E-state index contributed by atoms with van der Waals surface area (Å²) in [5.41, 5.74) is 0. The maximum Gasteiger partial charge on any atom is 0.0204 e. The van der Waals surface area contributed by atoms with E-state index in [4.69, 9.17) is 0 Å². The molecule has 0 aliphatic rings. The van der Waals surface area contributed by atoms with Crippen LogP contribution in [0.2, 0.25) is 18.6 Å². The van der Waals surface area contributed by atoms with Gasteiger partial charge in [-0.15, -0.1) is 0 Å². The van der Waals surface area contributed by atoms with Gasteiger partial charge in [0.05, 0.1) is 0 Å². The lowest BCUT2D eigenvalue weighted by Gasteiger charge is -2.05. The van der Waals surface area contributed by atoms with E-state index in [1.165, 1.54) is 0 Å². The van der Waals surface area contributed by atoms with Gasteiger partial charge in [-0.3, -0.25) is 0 Å². The van der Waals surface area contributed by atoms with Crippen molar-refractivity contribution in [2.45, 2.75) is 32.5 Å². The van der Waals surface area contributed by atoms with Crippen LogP contribution in [0.25, 0.3) is 0 Å². The lowest BCUT2D eigenvalue weighted by molar-refractivity contribution is 1.35. The highest BCUT2D eigenvalue weighted by molar-refractivity contribution is 7.35. The van der Waals surface area contributed by atoms with Crippen LogP contribution in [-0.2, 0) is 0 Å². The summed E-state index contributed by atoms with van der Waals surface area (Å²) >= 11 is 0. The first-order chi connectivity index (χ1) is 3.85. The van der Waals surface area contributed by atoms with E-state index >= 15 is 0 Å². The molecule has 0 aliphatic carbocycles. The van der Waals surface area contributed by atoms with E-state index in [-0.39, 0.29) is 8.31 Å². The van der Waals surface area contributed by atoms with Crippen LogP contribution >= 0.6 is 0 Å². The molecule has 0 atom stereocenters. The predicted octanol–water partition coefficient (Wildman–Crippen LogP) is 0.0507. The van der Waals surface area contributed by atoms with E-state index in [1.54, 1.807) is 12.1 Å². The highest BCUT2D eigenvalue weighted by Gasteiger charge is 2.01. The Morgan fingerprint density at radius 2 is 1.75 bits per heavy atom. The lowest BCUT2D eigenvalue weighted by Crippen LogP contribution is -2.23. The summed E-state index contributed by atoms with van der Waals surface area (Å²) in [7, 11) is 1.17. The van der Waals surface area contributed by atoms with Crippen LogP contribution < -0.4 is 0 Å². The Labute approximate surface area is 58.9 Å². The molecule has 0 radical (unpaired) electrons. The average Bonchev–Trinajstić information content (AvgIpc) is 1.83. The van der Waals surface area contributed by atoms with Crippen molar-refractivity contribution < 1.29 is 0 Å². The third-order valence-corrected chi connectivity index (χ3v) is 25.7. The van der Waals surface area contributed by atoms with Gasteiger partial charge in [-0.2, -0.15) is 0 Å². The minimum absolute atomic E-state index is 0.00849. The summed E-state index contributed by atoms with van der Waals surface area (Å²) in [5, 5.41) is 0. The van der Waals surface area contributed by atoms with Crippen LogP contribution in [0.5, 0.6) is 0 Å². The van der Waals surface area contributed by atoms with Gasteiger partial charge in [0.25, 0.3) is 0 Å². The molecule has 0 rings (SSSR count). The van der Waals surface area contributed by atoms with Crippen molar-refractivity contribution in [2.75, 3.05) is 0 Å². The monoisotopic (exact) mass is 162 g/mol. The first kappa shape index (κ1) is 8.65. The maximum atomic E-state index is 2.50. The Kier molecular flexibility index (Phi) is 6.25. The molecule has 0 saturated heterocycles. The maximum absolute atomic E-state index is 2.50. The smallest absolute Gasteiger partial charge is 0.0204 e. The summed E-state index contributed by atoms with van der Waals surface area (Å²) < 4.78 is 0. The highest BCUT2D eigenvalue weighted by Crippen LogP contribution is 1.93. The summed E-state index contributed by atoms with van der Waals surface area (Å²) in [5.74, 6) is 0. The van der Waals surface area contributed by atoms with Crippen molar-refractivity contribution in [1.29, 1.82) is 0 Å². The summed E-state index contributed by atoms with van der Waals surface area (Å²) in [6, 6.07) is 3.20. The molecule has 0 N–H and O–H groups in total. The van der Waals surface area contributed by atoms with Gasteiger partial charge in [0.15, 0.2) is 0 Å². The van der Waals surface area contributed by atoms with Gasteiger partial charge < -0.3 is 0 Å². The third-order valence-electron chi connectivity index (χ3n) is 1.85. The molecule has 0 aromatic carbocycles. The first-order valence-corrected chi connectivity index (χ1v) is 14.2. The zero-order valence-corrected chi connectivity index (χ0v) is 10.4. The Bertz CT molecular complexity index is 42.9. The molecule has 0 unspecified atom stereocenters. The van der Waals surface area contributed by atoms with Crippen molar-refractivity contribution in [1.82, 2.24) is 0 Å². The quantitative estimate of drug-likeness (QED) is 0.513. The molecule has 0 aromatic heterocycles. The third kappa shape index (κ3) is 3.63. The van der Waals surface area contributed by atoms with Gasteiger partial charge >= 0.3 is 0 Å². The van der Waals surface area contributed by atoms with Gasteiger partial charge in [-0.25, -0.2) is 0 Å². The molecule has 0 fully saturated rings. The van der Waals surface area contributed by atoms with Crippen LogP contribution in [0.4, 0.5) is 0 Å². The van der Waals surface area contributed by atoms with Crippen LogP contribution in [0, 0.1) is 0 Å². The fraction of sp³-hybridized carbons (Fsp3) is 1.00. The molecule has 0 amide bonds. The molecule has 0 aliphatic heterocycles. The minimum Gasteiger partial charge on any atom is -0.0773 e. The summed E-state index contributed by atoms with van der Waals surface area (Å²) in [6.07, 6.45) is 0. The molecule has 0 saturated carbocycles. The van der Waals surface area contributed by atoms with Crippen LogP contribution in [0.15, 0.2) is 0 Å². The SMILES string of the molecule is CC[SiH](CC)[SiH2][SiH2]C. The molecule has 3 heteroatoms. The number of hydrogen-bond acceptors (Lipinski definition) is 0. The first-order valence-electron chi connectivity index (χ1n) is 3.85. The molecular weight excluding hydrogens is 144 g/mol. The van der Waals surface area contributed by atoms with Gasteiger partial charge in [-0.05, 0) is 0 Å². The fourth-order valence-corrected chi connectivity index (χ4v) is 22.9. The molecule has 0 aromatic rings. The van der Waals surface area contributed by atoms with E-state index in [2.05, 4.69) is 20.4 Å². The summed E-state index contributed by atoms with van der Waals surface area (Å²) in [6.45, 7) is 7.30. The van der Waals surface area contributed by atoms with Crippen molar-refractivity contribution in [2.24, 2.45) is 0 Å². The number of rotatable bonds is 4. The van der Waals surface area contributed by atoms with Gasteiger partial charge in [-0.1, -0.05) is 32.5 Å². The van der Waals surface area contributed by atoms with E-state index in [0.29, 0.717) is 17.6 Å². The van der Waals surface area contributed by atoms with E-state index in [9.17, 15) is 0 Å². The van der Waals surface area contributed by atoms with Gasteiger partial charge in [0, 0.05) is 25.9 Å². The second-order valence-corrected chi connectivity index (χ2v) is 20.8. The minimum atomic E-state index is 0.00849. The second-order valence-electron chi connectivity index (χ2n) is 2.47. The van der Waals surface area contributed by atoms with Crippen LogP contribution in [0.1, 0.15) is 13.8 Å². The molecular formula is C5H18Si3. The topological polar surface area (TPSA) is 0 Å². The summed E-state index contributed by atoms with van der Waals surface area (Å²) in [4.78, 5) is 0. The molecule has 0 spiro atoms. The van der Waals surface area contributed by atoms with Crippen molar-refractivity contribution >= 4 is 25.9 Å². The van der Waals surface area contributed by atoms with Crippen molar-refractivity contribution in [3.05, 3.63) is 0 Å². The largest absolute Gasteiger partial charge is 0.0773 e. The Morgan fingerprint density at radius 3 is 1.88 bits per heavy atom. The van der Waals surface area contributed by atoms with Gasteiger partial charge in [0.1, 0.15) is 0 Å². The molecule has 0 nitrogen and oxygen atoms in total. The second kappa shape index (κ2) is 5.78. The molecule has 0 heterocycles. The Hall–Kier alpha value is 0.651. The van der Waals surface area contributed by atoms with Crippen molar-refractivity contribution in [3.63, 3.8) is 0 Å². The molecule has 50 valence electrons. The average molecular weight is 162 g/mol. The normalized spacial score (nSPS) is 13.5. The fourth-order valence-electron chi connectivity index (χ4n) is 1.11. The van der Waals surface area contributed by atoms with Crippen molar-refractivity contribution in [3.8, 4) is 0 Å². The van der Waals surface area contributed by atoms with Gasteiger partial charge in [0.2, 0.25) is 0 Å². The molecule has 8 heavy (non-hydrogen) atoms. The Balaban J connectivity index is 3.07. The van der Waals surface area contributed by atoms with Crippen LogP contribution in [-0.4, -0.2) is 25.9 Å². The predicted molar refractivity (Wildman–Crippen MR) is 51.1 cm³/mol. The van der Waals surface area contributed by atoms with E-state index in [1.807, 2.05) is 0 Å². The molecule has 0 bridgehead atoms. The lowest BCUT2D eigenvalue weighted by atomic mass is 11.0.